The molecule has 0 spiro atoms. The quantitative estimate of drug-likeness (QED) is 0.881. The molecule has 0 bridgehead atoms. The minimum absolute atomic E-state index is 0.406. The molecule has 0 amide bonds. The van der Waals surface area contributed by atoms with E-state index >= 15 is 0 Å². The van der Waals surface area contributed by atoms with Crippen molar-refractivity contribution in [2.24, 2.45) is 0 Å². The van der Waals surface area contributed by atoms with Crippen molar-refractivity contribution in [1.82, 2.24) is 9.78 Å². The highest BCUT2D eigenvalue weighted by Gasteiger charge is 2.15. The molecule has 3 nitrogen and oxygen atoms in total. The Hall–Kier alpha value is -0.650. The van der Waals surface area contributed by atoms with E-state index in [4.69, 9.17) is 0 Å². The summed E-state index contributed by atoms with van der Waals surface area (Å²) in [4.78, 5) is 0.988. The fraction of sp³-hybridized carbons (Fsp3) is 0.500. The molecule has 104 valence electrons. The van der Waals surface area contributed by atoms with Crippen molar-refractivity contribution in [1.29, 1.82) is 0 Å². The maximum Gasteiger partial charge on any atom is 0.0938 e. The fourth-order valence-corrected chi connectivity index (χ4v) is 3.42. The molecule has 0 saturated heterocycles. The number of rotatable bonds is 5. The molecule has 0 aromatic carbocycles. The Labute approximate surface area is 126 Å². The summed E-state index contributed by atoms with van der Waals surface area (Å²) in [6, 6.07) is 4.43. The number of aliphatic hydroxyl groups is 1. The number of aliphatic hydroxyl groups excluding tert-OH is 1. The molecule has 0 saturated carbocycles. The van der Waals surface area contributed by atoms with Crippen LogP contribution < -0.4 is 0 Å². The maximum absolute atomic E-state index is 10.3. The lowest BCUT2D eigenvalue weighted by atomic mass is 10.1. The van der Waals surface area contributed by atoms with E-state index in [0.717, 1.165) is 20.8 Å². The highest BCUT2D eigenvalue weighted by molar-refractivity contribution is 9.11. The number of aryl methyl sites for hydroxylation is 1. The molecule has 2 unspecified atom stereocenters. The third-order valence-electron chi connectivity index (χ3n) is 3.31. The van der Waals surface area contributed by atoms with E-state index in [-0.39, 0.29) is 0 Å². The van der Waals surface area contributed by atoms with Gasteiger partial charge in [-0.2, -0.15) is 5.10 Å². The van der Waals surface area contributed by atoms with Gasteiger partial charge >= 0.3 is 0 Å². The summed E-state index contributed by atoms with van der Waals surface area (Å²) in [5.41, 5.74) is 2.11. The van der Waals surface area contributed by atoms with Gasteiger partial charge < -0.3 is 5.11 Å². The van der Waals surface area contributed by atoms with Gasteiger partial charge in [0.1, 0.15) is 0 Å². The second kappa shape index (κ2) is 6.20. The zero-order chi connectivity index (χ0) is 14.0. The average molecular weight is 343 g/mol. The number of halogens is 1. The molecule has 2 aromatic heterocycles. The van der Waals surface area contributed by atoms with Crippen LogP contribution in [0.15, 0.2) is 22.1 Å². The predicted molar refractivity (Wildman–Crippen MR) is 82.6 cm³/mol. The van der Waals surface area contributed by atoms with Crippen molar-refractivity contribution in [2.45, 2.75) is 45.8 Å². The van der Waals surface area contributed by atoms with Gasteiger partial charge in [-0.3, -0.25) is 4.68 Å². The third kappa shape index (κ3) is 3.46. The normalized spacial score (nSPS) is 14.6. The summed E-state index contributed by atoms with van der Waals surface area (Å²) in [7, 11) is 0. The van der Waals surface area contributed by atoms with E-state index in [1.807, 2.05) is 29.9 Å². The van der Waals surface area contributed by atoms with Gasteiger partial charge in [0, 0.05) is 23.5 Å². The number of hydrogen-bond donors (Lipinski definition) is 1. The van der Waals surface area contributed by atoms with E-state index in [9.17, 15) is 5.11 Å². The molecule has 2 aromatic rings. The van der Waals surface area contributed by atoms with E-state index in [1.165, 1.54) is 5.56 Å². The smallest absolute Gasteiger partial charge is 0.0938 e. The molecule has 0 radical (unpaired) electrons. The Balaban J connectivity index is 2.06. The minimum atomic E-state index is -0.477. The molecule has 0 aliphatic heterocycles. The van der Waals surface area contributed by atoms with Crippen LogP contribution in [0.4, 0.5) is 0 Å². The van der Waals surface area contributed by atoms with Crippen LogP contribution >= 0.6 is 27.3 Å². The van der Waals surface area contributed by atoms with Gasteiger partial charge in [0.05, 0.1) is 15.6 Å². The van der Waals surface area contributed by atoms with Gasteiger partial charge in [0.25, 0.3) is 0 Å². The summed E-state index contributed by atoms with van der Waals surface area (Å²) < 4.78 is 3.06. The highest BCUT2D eigenvalue weighted by atomic mass is 79.9. The number of nitrogens with zero attached hydrogens (tertiary/aromatic N) is 2. The lowest BCUT2D eigenvalue weighted by Gasteiger charge is -2.09. The van der Waals surface area contributed by atoms with Crippen LogP contribution in [0.3, 0.4) is 0 Å². The van der Waals surface area contributed by atoms with E-state index in [2.05, 4.69) is 34.9 Å². The molecule has 0 aliphatic rings. The summed E-state index contributed by atoms with van der Waals surface area (Å²) in [5.74, 6) is 0. The van der Waals surface area contributed by atoms with Gasteiger partial charge in [0.2, 0.25) is 0 Å². The van der Waals surface area contributed by atoms with Gasteiger partial charge in [-0.25, -0.2) is 0 Å². The van der Waals surface area contributed by atoms with Crippen molar-refractivity contribution in [3.63, 3.8) is 0 Å². The second-order valence-corrected chi connectivity index (χ2v) is 7.27. The molecular weight excluding hydrogens is 324 g/mol. The van der Waals surface area contributed by atoms with Crippen LogP contribution in [0.2, 0.25) is 0 Å². The van der Waals surface area contributed by atoms with Crippen LogP contribution in [-0.2, 0) is 6.42 Å². The van der Waals surface area contributed by atoms with Gasteiger partial charge in [-0.1, -0.05) is 6.92 Å². The van der Waals surface area contributed by atoms with Crippen molar-refractivity contribution in [2.75, 3.05) is 0 Å². The zero-order valence-electron chi connectivity index (χ0n) is 11.4. The Bertz CT molecular complexity index is 530. The predicted octanol–water partition coefficient (Wildman–Crippen LogP) is 4.26. The Morgan fingerprint density at radius 3 is 2.84 bits per heavy atom. The van der Waals surface area contributed by atoms with Crippen molar-refractivity contribution >= 4 is 27.3 Å². The topological polar surface area (TPSA) is 38.0 Å². The summed E-state index contributed by atoms with van der Waals surface area (Å²) in [6.07, 6.45) is 3.14. The van der Waals surface area contributed by atoms with Crippen molar-refractivity contribution < 1.29 is 5.11 Å². The summed E-state index contributed by atoms with van der Waals surface area (Å²) in [5, 5.41) is 14.8. The van der Waals surface area contributed by atoms with Gasteiger partial charge in [-0.05, 0) is 53.9 Å². The number of thiophene rings is 1. The third-order valence-corrected chi connectivity index (χ3v) is 5.55. The molecule has 19 heavy (non-hydrogen) atoms. The molecule has 1 N–H and O–H groups in total. The van der Waals surface area contributed by atoms with Gasteiger partial charge in [0.15, 0.2) is 0 Å². The maximum atomic E-state index is 10.3. The van der Waals surface area contributed by atoms with E-state index < -0.39 is 6.10 Å². The molecule has 0 aliphatic carbocycles. The fourth-order valence-electron chi connectivity index (χ4n) is 1.87. The highest BCUT2D eigenvalue weighted by Crippen LogP contribution is 2.32. The monoisotopic (exact) mass is 342 g/mol. The van der Waals surface area contributed by atoms with Crippen LogP contribution in [-0.4, -0.2) is 14.9 Å². The molecule has 0 fully saturated rings. The van der Waals surface area contributed by atoms with Crippen LogP contribution in [0.1, 0.15) is 48.5 Å². The summed E-state index contributed by atoms with van der Waals surface area (Å²) in [6.45, 7) is 6.33. The second-order valence-electron chi connectivity index (χ2n) is 4.87. The Morgan fingerprint density at radius 2 is 2.26 bits per heavy atom. The van der Waals surface area contributed by atoms with E-state index in [0.29, 0.717) is 12.5 Å². The zero-order valence-corrected chi connectivity index (χ0v) is 13.8. The first-order chi connectivity index (χ1) is 9.01. The first-order valence-corrected chi connectivity index (χ1v) is 8.10. The lowest BCUT2D eigenvalue weighted by Crippen LogP contribution is -2.06. The molecular formula is C14H19BrN2OS. The minimum Gasteiger partial charge on any atom is -0.387 e. The van der Waals surface area contributed by atoms with Crippen LogP contribution in [0, 0.1) is 6.92 Å². The lowest BCUT2D eigenvalue weighted by molar-refractivity contribution is 0.180. The SMILES string of the molecule is CCC(C)n1ccc(CC(O)c2cc(C)c(Br)s2)n1. The molecule has 2 atom stereocenters. The number of hydrogen-bond acceptors (Lipinski definition) is 3. The molecule has 5 heteroatoms. The molecule has 2 rings (SSSR count). The first kappa shape index (κ1) is 14.8. The first-order valence-electron chi connectivity index (χ1n) is 6.49. The standard InChI is InChI=1S/C14H19BrN2OS/c1-4-10(3)17-6-5-11(16-17)8-12(18)13-7-9(2)14(15)19-13/h5-7,10,12,18H,4,8H2,1-3H3. The Morgan fingerprint density at radius 1 is 1.53 bits per heavy atom. The average Bonchev–Trinajstić information content (AvgIpc) is 2.97. The molecule has 2 heterocycles. The largest absolute Gasteiger partial charge is 0.387 e. The summed E-state index contributed by atoms with van der Waals surface area (Å²) >= 11 is 5.08. The van der Waals surface area contributed by atoms with Crippen LogP contribution in [0.5, 0.6) is 0 Å². The van der Waals surface area contributed by atoms with Crippen LogP contribution in [0.25, 0.3) is 0 Å². The van der Waals surface area contributed by atoms with Gasteiger partial charge in [-0.15, -0.1) is 11.3 Å². The van der Waals surface area contributed by atoms with E-state index in [1.54, 1.807) is 11.3 Å². The van der Waals surface area contributed by atoms with Crippen molar-refractivity contribution in [3.8, 4) is 0 Å². The number of aromatic nitrogens is 2. The Kier molecular flexibility index (Phi) is 4.81. The van der Waals surface area contributed by atoms with Crippen molar-refractivity contribution in [3.05, 3.63) is 38.3 Å².